The standard InChI is InChI=1S/C11H22N4O3S/c12-1-3-17-5-6-18-4-2-13-10-9-8(7-19-10)14-11(16)15-9/h8-10,13H,1-7,12H2,(H2,14,15,16)/t8-,9-,10-/m0/s1. The molecular formula is C11H22N4O3S. The maximum Gasteiger partial charge on any atom is 0.315 e. The molecule has 0 unspecified atom stereocenters. The number of rotatable bonds is 9. The van der Waals surface area contributed by atoms with Crippen LogP contribution in [0.4, 0.5) is 4.79 Å². The third-order valence-corrected chi connectivity index (χ3v) is 4.43. The number of carbonyl (C=O) groups is 1. The molecule has 2 amide bonds. The Morgan fingerprint density at radius 2 is 2.05 bits per heavy atom. The molecule has 0 saturated carbocycles. The van der Waals surface area contributed by atoms with Crippen LogP contribution >= 0.6 is 11.8 Å². The van der Waals surface area contributed by atoms with E-state index in [1.165, 1.54) is 0 Å². The molecule has 0 aromatic rings. The lowest BCUT2D eigenvalue weighted by Crippen LogP contribution is -2.45. The molecule has 0 aromatic carbocycles. The molecule has 2 aliphatic rings. The third kappa shape index (κ3) is 4.50. The molecule has 0 radical (unpaired) electrons. The van der Waals surface area contributed by atoms with Gasteiger partial charge in [-0.3, -0.25) is 0 Å². The number of fused-ring (bicyclic) bond motifs is 1. The van der Waals surface area contributed by atoms with Crippen LogP contribution < -0.4 is 21.7 Å². The van der Waals surface area contributed by atoms with Crippen LogP contribution in [0.2, 0.25) is 0 Å². The molecule has 0 spiro atoms. The smallest absolute Gasteiger partial charge is 0.315 e. The van der Waals surface area contributed by atoms with Crippen LogP contribution in [-0.4, -0.2) is 68.8 Å². The van der Waals surface area contributed by atoms with Gasteiger partial charge in [0.15, 0.2) is 0 Å². The first-order chi connectivity index (χ1) is 9.31. The van der Waals surface area contributed by atoms with Gasteiger partial charge in [0, 0.05) is 18.8 Å². The van der Waals surface area contributed by atoms with Gasteiger partial charge in [-0.1, -0.05) is 0 Å². The summed E-state index contributed by atoms with van der Waals surface area (Å²) in [6.45, 7) is 3.71. The average molecular weight is 290 g/mol. The summed E-state index contributed by atoms with van der Waals surface area (Å²) < 4.78 is 10.6. The Morgan fingerprint density at radius 3 is 2.84 bits per heavy atom. The second kappa shape index (κ2) is 7.91. The molecule has 110 valence electrons. The molecule has 0 aromatic heterocycles. The highest BCUT2D eigenvalue weighted by molar-refractivity contribution is 8.00. The Morgan fingerprint density at radius 1 is 1.26 bits per heavy atom. The van der Waals surface area contributed by atoms with Gasteiger partial charge in [0.1, 0.15) is 0 Å². The van der Waals surface area contributed by atoms with Crippen LogP contribution in [0.25, 0.3) is 0 Å². The van der Waals surface area contributed by atoms with Crippen molar-refractivity contribution in [2.45, 2.75) is 17.5 Å². The molecule has 5 N–H and O–H groups in total. The van der Waals surface area contributed by atoms with Crippen molar-refractivity contribution in [3.8, 4) is 0 Å². The minimum absolute atomic E-state index is 0.0598. The second-order valence-electron chi connectivity index (χ2n) is 4.47. The van der Waals surface area contributed by atoms with Crippen molar-refractivity contribution < 1.29 is 14.3 Å². The highest BCUT2D eigenvalue weighted by Gasteiger charge is 2.42. The highest BCUT2D eigenvalue weighted by atomic mass is 32.2. The number of nitrogens with two attached hydrogens (primary N) is 1. The number of hydrogen-bond acceptors (Lipinski definition) is 6. The van der Waals surface area contributed by atoms with E-state index in [0.29, 0.717) is 33.0 Å². The zero-order chi connectivity index (χ0) is 13.5. The van der Waals surface area contributed by atoms with Gasteiger partial charge in [0.25, 0.3) is 0 Å². The molecule has 2 saturated heterocycles. The first-order valence-corrected chi connectivity index (χ1v) is 7.63. The fourth-order valence-corrected chi connectivity index (χ4v) is 3.57. The molecule has 3 atom stereocenters. The van der Waals surface area contributed by atoms with Gasteiger partial charge in [-0.15, -0.1) is 11.8 Å². The molecule has 2 heterocycles. The number of hydrogen-bond donors (Lipinski definition) is 4. The Kier molecular flexibility index (Phi) is 6.18. The van der Waals surface area contributed by atoms with Crippen molar-refractivity contribution in [3.05, 3.63) is 0 Å². The third-order valence-electron chi connectivity index (χ3n) is 3.06. The number of ether oxygens (including phenoxy) is 2. The molecule has 8 heteroatoms. The van der Waals surface area contributed by atoms with E-state index in [1.54, 1.807) is 0 Å². The van der Waals surface area contributed by atoms with Gasteiger partial charge >= 0.3 is 6.03 Å². The lowest BCUT2D eigenvalue weighted by atomic mass is 10.2. The fourth-order valence-electron chi connectivity index (χ4n) is 2.16. The monoisotopic (exact) mass is 290 g/mol. The Bertz CT molecular complexity index is 295. The van der Waals surface area contributed by atoms with Crippen molar-refractivity contribution in [2.24, 2.45) is 5.73 Å². The Hall–Kier alpha value is -0.540. The van der Waals surface area contributed by atoms with Crippen LogP contribution in [-0.2, 0) is 9.47 Å². The zero-order valence-corrected chi connectivity index (χ0v) is 11.7. The zero-order valence-electron chi connectivity index (χ0n) is 10.9. The summed E-state index contributed by atoms with van der Waals surface area (Å²) >= 11 is 1.83. The largest absolute Gasteiger partial charge is 0.378 e. The van der Waals surface area contributed by atoms with Gasteiger partial charge in [-0.05, 0) is 0 Å². The predicted octanol–water partition coefficient (Wildman–Crippen LogP) is -1.31. The quantitative estimate of drug-likeness (QED) is 0.311. The highest BCUT2D eigenvalue weighted by Crippen LogP contribution is 2.27. The summed E-state index contributed by atoms with van der Waals surface area (Å²) in [6, 6.07) is 0.376. The molecular weight excluding hydrogens is 268 g/mol. The molecule has 2 rings (SSSR count). The number of amides is 2. The van der Waals surface area contributed by atoms with E-state index in [9.17, 15) is 4.79 Å². The Balaban J connectivity index is 1.49. The van der Waals surface area contributed by atoms with Gasteiger partial charge in [-0.25, -0.2) is 4.79 Å². The minimum atomic E-state index is -0.0598. The minimum Gasteiger partial charge on any atom is -0.378 e. The topological polar surface area (TPSA) is 97.6 Å². The van der Waals surface area contributed by atoms with Gasteiger partial charge in [0.2, 0.25) is 0 Å². The SMILES string of the molecule is NCCOCCOCCN[C@H]1SC[C@@H]2NC(=O)N[C@@H]21. The van der Waals surface area contributed by atoms with Gasteiger partial charge in [0.05, 0.1) is 43.9 Å². The summed E-state index contributed by atoms with van der Waals surface area (Å²) in [7, 11) is 0. The number of carbonyl (C=O) groups excluding carboxylic acids is 1. The summed E-state index contributed by atoms with van der Waals surface area (Å²) in [6.07, 6.45) is 0. The van der Waals surface area contributed by atoms with E-state index in [1.807, 2.05) is 11.8 Å². The molecule has 0 bridgehead atoms. The molecule has 2 fully saturated rings. The van der Waals surface area contributed by atoms with Crippen molar-refractivity contribution in [2.75, 3.05) is 45.3 Å². The fraction of sp³-hybridized carbons (Fsp3) is 0.909. The van der Waals surface area contributed by atoms with Crippen LogP contribution in [0.15, 0.2) is 0 Å². The number of thioether (sulfide) groups is 1. The summed E-state index contributed by atoms with van der Waals surface area (Å²) in [4.78, 5) is 11.2. The molecule has 19 heavy (non-hydrogen) atoms. The maximum atomic E-state index is 11.2. The lowest BCUT2D eigenvalue weighted by molar-refractivity contribution is 0.0516. The molecule has 0 aliphatic carbocycles. The normalized spacial score (nSPS) is 29.1. The maximum absolute atomic E-state index is 11.2. The average Bonchev–Trinajstić information content (AvgIpc) is 2.92. The summed E-state index contributed by atoms with van der Waals surface area (Å²) in [5.41, 5.74) is 5.30. The first-order valence-electron chi connectivity index (χ1n) is 6.59. The van der Waals surface area contributed by atoms with E-state index < -0.39 is 0 Å². The molecule has 7 nitrogen and oxygen atoms in total. The van der Waals surface area contributed by atoms with Gasteiger partial charge in [-0.2, -0.15) is 0 Å². The van der Waals surface area contributed by atoms with E-state index in [4.69, 9.17) is 15.2 Å². The van der Waals surface area contributed by atoms with E-state index in [-0.39, 0.29) is 23.5 Å². The van der Waals surface area contributed by atoms with Crippen molar-refractivity contribution >= 4 is 17.8 Å². The summed E-state index contributed by atoms with van der Waals surface area (Å²) in [5, 5.41) is 9.51. The van der Waals surface area contributed by atoms with E-state index in [0.717, 1.165) is 12.3 Å². The van der Waals surface area contributed by atoms with Crippen LogP contribution in [0.5, 0.6) is 0 Å². The number of nitrogens with one attached hydrogen (secondary N) is 3. The molecule has 2 aliphatic heterocycles. The first kappa shape index (κ1) is 14.9. The predicted molar refractivity (Wildman–Crippen MR) is 74.2 cm³/mol. The van der Waals surface area contributed by atoms with Crippen molar-refractivity contribution in [3.63, 3.8) is 0 Å². The number of urea groups is 1. The van der Waals surface area contributed by atoms with Crippen LogP contribution in [0.3, 0.4) is 0 Å². The van der Waals surface area contributed by atoms with Crippen molar-refractivity contribution in [1.82, 2.24) is 16.0 Å². The summed E-state index contributed by atoms with van der Waals surface area (Å²) in [5.74, 6) is 0.953. The second-order valence-corrected chi connectivity index (χ2v) is 5.65. The van der Waals surface area contributed by atoms with Gasteiger partial charge < -0.3 is 31.2 Å². The Labute approximate surface area is 117 Å². The van der Waals surface area contributed by atoms with Crippen LogP contribution in [0, 0.1) is 0 Å². The van der Waals surface area contributed by atoms with Crippen molar-refractivity contribution in [1.29, 1.82) is 0 Å². The van der Waals surface area contributed by atoms with E-state index >= 15 is 0 Å². The van der Waals surface area contributed by atoms with E-state index in [2.05, 4.69) is 16.0 Å². The van der Waals surface area contributed by atoms with Crippen LogP contribution in [0.1, 0.15) is 0 Å². The lowest BCUT2D eigenvalue weighted by Gasteiger charge is -2.18.